The molecule has 1 N–H and O–H groups in total. The Hall–Kier alpha value is -1.03. The van der Waals surface area contributed by atoms with E-state index in [-0.39, 0.29) is 0 Å². The average molecular weight is 245 g/mol. The monoisotopic (exact) mass is 245 g/mol. The SMILES string of the molecule is CCCNC(C)(c1ccccc1C)C(F)(F)F. The van der Waals surface area contributed by atoms with Crippen LogP contribution in [0.3, 0.4) is 0 Å². The lowest BCUT2D eigenvalue weighted by atomic mass is 9.87. The molecule has 0 aliphatic heterocycles. The predicted molar refractivity (Wildman–Crippen MR) is 62.9 cm³/mol. The zero-order chi connectivity index (χ0) is 13.1. The summed E-state index contributed by atoms with van der Waals surface area (Å²) in [6.07, 6.45) is -3.65. The highest BCUT2D eigenvalue weighted by atomic mass is 19.4. The van der Waals surface area contributed by atoms with E-state index in [9.17, 15) is 13.2 Å². The minimum absolute atomic E-state index is 0.293. The molecular weight excluding hydrogens is 227 g/mol. The van der Waals surface area contributed by atoms with E-state index in [0.29, 0.717) is 24.1 Å². The average Bonchev–Trinajstić information content (AvgIpc) is 2.25. The maximum atomic E-state index is 13.2. The molecule has 4 heteroatoms. The topological polar surface area (TPSA) is 12.0 Å². The van der Waals surface area contributed by atoms with Gasteiger partial charge >= 0.3 is 6.18 Å². The predicted octanol–water partition coefficient (Wildman–Crippen LogP) is 3.77. The zero-order valence-electron chi connectivity index (χ0n) is 10.4. The van der Waals surface area contributed by atoms with E-state index in [1.165, 1.54) is 13.0 Å². The highest BCUT2D eigenvalue weighted by molar-refractivity contribution is 5.33. The van der Waals surface area contributed by atoms with Gasteiger partial charge in [0, 0.05) is 0 Å². The number of aryl methyl sites for hydroxylation is 1. The number of benzene rings is 1. The van der Waals surface area contributed by atoms with E-state index < -0.39 is 11.7 Å². The molecule has 96 valence electrons. The lowest BCUT2D eigenvalue weighted by Crippen LogP contribution is -2.52. The van der Waals surface area contributed by atoms with Crippen LogP contribution < -0.4 is 5.32 Å². The third-order valence-corrected chi connectivity index (χ3v) is 2.98. The molecule has 1 nitrogen and oxygen atoms in total. The molecule has 0 aliphatic rings. The van der Waals surface area contributed by atoms with Crippen molar-refractivity contribution in [2.75, 3.05) is 6.54 Å². The third-order valence-electron chi connectivity index (χ3n) is 2.98. The Labute approximate surface area is 100 Å². The fourth-order valence-electron chi connectivity index (χ4n) is 1.86. The second-order valence-corrected chi connectivity index (χ2v) is 4.36. The molecule has 0 aromatic heterocycles. The summed E-state index contributed by atoms with van der Waals surface area (Å²) in [5.74, 6) is 0. The van der Waals surface area contributed by atoms with E-state index in [0.717, 1.165) is 0 Å². The van der Waals surface area contributed by atoms with Gasteiger partial charge in [-0.3, -0.25) is 0 Å². The van der Waals surface area contributed by atoms with Crippen LogP contribution in [0.1, 0.15) is 31.4 Å². The van der Waals surface area contributed by atoms with Crippen LogP contribution in [-0.2, 0) is 5.54 Å². The van der Waals surface area contributed by atoms with Crippen molar-refractivity contribution >= 4 is 0 Å². The highest BCUT2D eigenvalue weighted by Gasteiger charge is 2.52. The number of nitrogens with one attached hydrogen (secondary N) is 1. The molecular formula is C13H18F3N. The van der Waals surface area contributed by atoms with E-state index in [4.69, 9.17) is 0 Å². The Bertz CT molecular complexity index is 373. The number of hydrogen-bond acceptors (Lipinski definition) is 1. The normalized spacial score (nSPS) is 15.6. The smallest absolute Gasteiger partial charge is 0.300 e. The van der Waals surface area contributed by atoms with Crippen LogP contribution in [0.15, 0.2) is 24.3 Å². The number of hydrogen-bond donors (Lipinski definition) is 1. The zero-order valence-corrected chi connectivity index (χ0v) is 10.4. The van der Waals surface area contributed by atoms with Crippen molar-refractivity contribution in [3.63, 3.8) is 0 Å². The van der Waals surface area contributed by atoms with Crippen LogP contribution in [0.2, 0.25) is 0 Å². The van der Waals surface area contributed by atoms with Crippen LogP contribution >= 0.6 is 0 Å². The van der Waals surface area contributed by atoms with Gasteiger partial charge in [-0.15, -0.1) is 0 Å². The molecule has 0 radical (unpaired) electrons. The summed E-state index contributed by atoms with van der Waals surface area (Å²) in [5.41, 5.74) is -1.04. The van der Waals surface area contributed by atoms with E-state index in [1.807, 2.05) is 6.92 Å². The molecule has 0 saturated carbocycles. The van der Waals surface area contributed by atoms with E-state index in [1.54, 1.807) is 25.1 Å². The molecule has 0 spiro atoms. The molecule has 17 heavy (non-hydrogen) atoms. The van der Waals surface area contributed by atoms with Gasteiger partial charge in [0.15, 0.2) is 0 Å². The first kappa shape index (κ1) is 14.0. The fraction of sp³-hybridized carbons (Fsp3) is 0.538. The van der Waals surface area contributed by atoms with Crippen LogP contribution in [0.4, 0.5) is 13.2 Å². The summed E-state index contributed by atoms with van der Waals surface area (Å²) in [7, 11) is 0. The van der Waals surface area contributed by atoms with E-state index in [2.05, 4.69) is 5.32 Å². The van der Waals surface area contributed by atoms with Gasteiger partial charge in [-0.05, 0) is 37.9 Å². The molecule has 1 aromatic carbocycles. The minimum atomic E-state index is -4.31. The highest BCUT2D eigenvalue weighted by Crippen LogP contribution is 2.39. The van der Waals surface area contributed by atoms with Gasteiger partial charge < -0.3 is 5.32 Å². The number of halogens is 3. The van der Waals surface area contributed by atoms with Gasteiger partial charge in [0.25, 0.3) is 0 Å². The van der Waals surface area contributed by atoms with Crippen LogP contribution in [-0.4, -0.2) is 12.7 Å². The standard InChI is InChI=1S/C13H18F3N/c1-4-9-17-12(3,13(14,15)16)11-8-6-5-7-10(11)2/h5-8,17H,4,9H2,1-3H3. The summed E-state index contributed by atoms with van der Waals surface area (Å²) in [6.45, 7) is 5.09. The Morgan fingerprint density at radius 2 is 1.76 bits per heavy atom. The van der Waals surface area contributed by atoms with Gasteiger partial charge in [-0.1, -0.05) is 31.2 Å². The quantitative estimate of drug-likeness (QED) is 0.851. The molecule has 0 fully saturated rings. The molecule has 1 aromatic rings. The molecule has 1 unspecified atom stereocenters. The van der Waals surface area contributed by atoms with Gasteiger partial charge in [0.05, 0.1) is 0 Å². The maximum Gasteiger partial charge on any atom is 0.410 e. The van der Waals surface area contributed by atoms with Gasteiger partial charge in [0.2, 0.25) is 0 Å². The molecule has 0 bridgehead atoms. The summed E-state index contributed by atoms with van der Waals surface area (Å²) in [6, 6.07) is 6.62. The first-order valence-electron chi connectivity index (χ1n) is 5.70. The Morgan fingerprint density at radius 3 is 2.24 bits per heavy atom. The van der Waals surface area contributed by atoms with Crippen LogP contribution in [0.25, 0.3) is 0 Å². The number of alkyl halides is 3. The second-order valence-electron chi connectivity index (χ2n) is 4.36. The van der Waals surface area contributed by atoms with Crippen molar-refractivity contribution in [1.82, 2.24) is 5.32 Å². The summed E-state index contributed by atoms with van der Waals surface area (Å²) >= 11 is 0. The molecule has 0 aliphatic carbocycles. The Morgan fingerprint density at radius 1 is 1.18 bits per heavy atom. The maximum absolute atomic E-state index is 13.2. The van der Waals surface area contributed by atoms with Gasteiger partial charge in [0.1, 0.15) is 5.54 Å². The summed E-state index contributed by atoms with van der Waals surface area (Å²) in [5, 5.41) is 2.62. The first-order chi connectivity index (χ1) is 7.83. The lowest BCUT2D eigenvalue weighted by molar-refractivity contribution is -0.195. The second kappa shape index (κ2) is 5.08. The van der Waals surface area contributed by atoms with Gasteiger partial charge in [-0.25, -0.2) is 0 Å². The fourth-order valence-corrected chi connectivity index (χ4v) is 1.86. The van der Waals surface area contributed by atoms with E-state index >= 15 is 0 Å². The van der Waals surface area contributed by atoms with Crippen molar-refractivity contribution in [2.24, 2.45) is 0 Å². The summed E-state index contributed by atoms with van der Waals surface area (Å²) in [4.78, 5) is 0. The van der Waals surface area contributed by atoms with Crippen molar-refractivity contribution < 1.29 is 13.2 Å². The summed E-state index contributed by atoms with van der Waals surface area (Å²) < 4.78 is 39.7. The van der Waals surface area contributed by atoms with Crippen molar-refractivity contribution in [2.45, 2.75) is 38.9 Å². The molecule has 0 saturated heterocycles. The first-order valence-corrected chi connectivity index (χ1v) is 5.70. The molecule has 0 heterocycles. The Kier molecular flexibility index (Phi) is 4.20. The largest absolute Gasteiger partial charge is 0.410 e. The molecule has 1 rings (SSSR count). The Balaban J connectivity index is 3.20. The van der Waals surface area contributed by atoms with Gasteiger partial charge in [-0.2, -0.15) is 13.2 Å². The molecule has 0 amide bonds. The lowest BCUT2D eigenvalue weighted by Gasteiger charge is -2.34. The minimum Gasteiger partial charge on any atom is -0.300 e. The number of rotatable bonds is 4. The third kappa shape index (κ3) is 2.80. The van der Waals surface area contributed by atoms with Crippen molar-refractivity contribution in [3.8, 4) is 0 Å². The van der Waals surface area contributed by atoms with Crippen molar-refractivity contribution in [3.05, 3.63) is 35.4 Å². The van der Waals surface area contributed by atoms with Crippen LogP contribution in [0, 0.1) is 6.92 Å². The molecule has 1 atom stereocenters. The van der Waals surface area contributed by atoms with Crippen molar-refractivity contribution in [1.29, 1.82) is 0 Å². The van der Waals surface area contributed by atoms with Crippen LogP contribution in [0.5, 0.6) is 0 Å².